The maximum absolute atomic E-state index is 12.6. The fourth-order valence-electron chi connectivity index (χ4n) is 3.59. The van der Waals surface area contributed by atoms with Crippen LogP contribution in [0.15, 0.2) is 60.2 Å². The van der Waals surface area contributed by atoms with Crippen LogP contribution in [0.5, 0.6) is 0 Å². The lowest BCUT2D eigenvalue weighted by Crippen LogP contribution is -2.37. The molecule has 3 heterocycles. The van der Waals surface area contributed by atoms with Crippen LogP contribution in [0.25, 0.3) is 27.3 Å². The largest absolute Gasteiger partial charge is 0.480 e. The first-order chi connectivity index (χ1) is 15.7. The number of aromatic nitrogens is 3. The number of fused-ring (bicyclic) bond motifs is 1. The summed E-state index contributed by atoms with van der Waals surface area (Å²) < 4.78 is 1.83. The Labute approximate surface area is 196 Å². The Morgan fingerprint density at radius 3 is 2.58 bits per heavy atom. The molecule has 8 heteroatoms. The molecular weight excluding hydrogens is 436 g/mol. The van der Waals surface area contributed by atoms with Gasteiger partial charge in [0.2, 0.25) is 5.91 Å². The number of carboxylic acids is 1. The molecule has 170 valence electrons. The zero-order valence-electron chi connectivity index (χ0n) is 18.9. The van der Waals surface area contributed by atoms with E-state index in [4.69, 9.17) is 4.98 Å². The lowest BCUT2D eigenvalue weighted by Gasteiger charge is -2.25. The summed E-state index contributed by atoms with van der Waals surface area (Å²) in [5.74, 6) is -1.18. The third-order valence-electron chi connectivity index (χ3n) is 5.14. The molecular formula is C25H26N4O3S. The van der Waals surface area contributed by atoms with Crippen LogP contribution in [0.1, 0.15) is 32.8 Å². The van der Waals surface area contributed by atoms with E-state index in [0.29, 0.717) is 6.42 Å². The maximum atomic E-state index is 12.6. The van der Waals surface area contributed by atoms with Crippen molar-refractivity contribution >= 4 is 28.7 Å². The number of benzene rings is 1. The molecule has 33 heavy (non-hydrogen) atoms. The van der Waals surface area contributed by atoms with E-state index in [1.165, 1.54) is 4.90 Å². The van der Waals surface area contributed by atoms with Crippen LogP contribution in [-0.4, -0.2) is 43.0 Å². The van der Waals surface area contributed by atoms with E-state index < -0.39 is 5.97 Å². The van der Waals surface area contributed by atoms with Crippen LogP contribution in [-0.2, 0) is 16.1 Å². The lowest BCUT2D eigenvalue weighted by atomic mass is 9.91. The minimum Gasteiger partial charge on any atom is -0.480 e. The van der Waals surface area contributed by atoms with Crippen LogP contribution in [0.2, 0.25) is 0 Å². The molecule has 0 aliphatic heterocycles. The molecule has 1 aromatic carbocycles. The predicted molar refractivity (Wildman–Crippen MR) is 129 cm³/mol. The van der Waals surface area contributed by atoms with Gasteiger partial charge >= 0.3 is 5.97 Å². The van der Waals surface area contributed by atoms with E-state index in [9.17, 15) is 14.7 Å². The molecule has 0 saturated heterocycles. The van der Waals surface area contributed by atoms with Crippen LogP contribution in [0.3, 0.4) is 0 Å². The molecule has 0 aliphatic carbocycles. The van der Waals surface area contributed by atoms with Crippen LogP contribution >= 0.6 is 11.3 Å². The van der Waals surface area contributed by atoms with Crippen molar-refractivity contribution in [2.45, 2.75) is 33.7 Å². The molecule has 0 saturated carbocycles. The van der Waals surface area contributed by atoms with Crippen molar-refractivity contribution in [3.63, 3.8) is 0 Å². The molecule has 0 fully saturated rings. The second kappa shape index (κ2) is 9.15. The number of nitrogens with zero attached hydrogens (tertiary/aromatic N) is 4. The minimum absolute atomic E-state index is 0.161. The van der Waals surface area contributed by atoms with Gasteiger partial charge in [0.1, 0.15) is 11.6 Å². The number of hydrogen-bond donors (Lipinski definition) is 1. The number of pyridine rings is 1. The molecule has 0 atom stereocenters. The van der Waals surface area contributed by atoms with Gasteiger partial charge < -0.3 is 10.0 Å². The Balaban J connectivity index is 1.51. The van der Waals surface area contributed by atoms with Crippen LogP contribution in [0.4, 0.5) is 0 Å². The van der Waals surface area contributed by atoms with Gasteiger partial charge in [-0.05, 0) is 23.1 Å². The summed E-state index contributed by atoms with van der Waals surface area (Å²) in [7, 11) is 0. The summed E-state index contributed by atoms with van der Waals surface area (Å²) in [6.07, 6.45) is 4.03. The highest BCUT2D eigenvalue weighted by atomic mass is 32.1. The Kier molecular flexibility index (Phi) is 6.29. The molecule has 1 amide bonds. The van der Waals surface area contributed by atoms with E-state index in [0.717, 1.165) is 32.9 Å². The SMILES string of the molecule is CC(C)(C)CC(=O)N(CC(=O)O)Cc1ccc(-c2csc(-c3cnn4ccccc34)n2)cc1. The fourth-order valence-corrected chi connectivity index (χ4v) is 4.44. The quantitative estimate of drug-likeness (QED) is 0.419. The van der Waals surface area contributed by atoms with Gasteiger partial charge in [-0.15, -0.1) is 11.3 Å². The number of carboxylic acid groups (broad SMARTS) is 1. The van der Waals surface area contributed by atoms with Crippen molar-refractivity contribution in [1.82, 2.24) is 19.5 Å². The Morgan fingerprint density at radius 1 is 1.12 bits per heavy atom. The van der Waals surface area contributed by atoms with Crippen molar-refractivity contribution in [2.75, 3.05) is 6.54 Å². The molecule has 3 aromatic heterocycles. The average Bonchev–Trinajstić information content (AvgIpc) is 3.39. The first kappa shape index (κ1) is 22.7. The van der Waals surface area contributed by atoms with E-state index in [2.05, 4.69) is 5.10 Å². The summed E-state index contributed by atoms with van der Waals surface area (Å²) in [6, 6.07) is 13.7. The number of carbonyl (C=O) groups is 2. The van der Waals surface area contributed by atoms with Crippen molar-refractivity contribution < 1.29 is 14.7 Å². The summed E-state index contributed by atoms with van der Waals surface area (Å²) in [5, 5.41) is 16.5. The third-order valence-corrected chi connectivity index (χ3v) is 6.02. The molecule has 4 rings (SSSR count). The maximum Gasteiger partial charge on any atom is 0.323 e. The van der Waals surface area contributed by atoms with Crippen molar-refractivity contribution in [2.24, 2.45) is 5.41 Å². The summed E-state index contributed by atoms with van der Waals surface area (Å²) in [5.41, 5.74) is 4.49. The topological polar surface area (TPSA) is 87.8 Å². The van der Waals surface area contributed by atoms with Crippen molar-refractivity contribution in [3.05, 3.63) is 65.8 Å². The smallest absolute Gasteiger partial charge is 0.323 e. The van der Waals surface area contributed by atoms with Gasteiger partial charge in [0.25, 0.3) is 0 Å². The standard InChI is InChI=1S/C25H26N4O3S/c1-25(2,3)12-22(30)28(15-23(31)32)14-17-7-9-18(10-8-17)20-16-33-24(27-20)19-13-26-29-11-5-4-6-21(19)29/h4-11,13,16H,12,14-15H2,1-3H3,(H,31,32). The first-order valence-corrected chi connectivity index (χ1v) is 11.5. The second-order valence-electron chi connectivity index (χ2n) is 9.20. The fraction of sp³-hybridized carbons (Fsp3) is 0.280. The summed E-state index contributed by atoms with van der Waals surface area (Å²) in [6.45, 7) is 5.84. The number of aliphatic carboxylic acids is 1. The first-order valence-electron chi connectivity index (χ1n) is 10.7. The monoisotopic (exact) mass is 462 g/mol. The zero-order chi connectivity index (χ0) is 23.6. The highest BCUT2D eigenvalue weighted by molar-refractivity contribution is 7.13. The molecule has 0 aliphatic rings. The molecule has 0 radical (unpaired) electrons. The van der Waals surface area contributed by atoms with Gasteiger partial charge in [0, 0.05) is 30.1 Å². The van der Waals surface area contributed by atoms with Crippen LogP contribution < -0.4 is 0 Å². The predicted octanol–water partition coefficient (Wildman–Crippen LogP) is 4.97. The Hall–Kier alpha value is -3.52. The number of carbonyl (C=O) groups excluding carboxylic acids is 1. The van der Waals surface area contributed by atoms with Gasteiger partial charge in [-0.2, -0.15) is 5.10 Å². The zero-order valence-corrected chi connectivity index (χ0v) is 19.7. The number of amides is 1. The van der Waals surface area contributed by atoms with Crippen LogP contribution in [0, 0.1) is 5.41 Å². The minimum atomic E-state index is -1.02. The number of rotatable bonds is 7. The molecule has 4 aromatic rings. The highest BCUT2D eigenvalue weighted by Gasteiger charge is 2.23. The third kappa shape index (κ3) is 5.46. The van der Waals surface area contributed by atoms with E-state index in [-0.39, 0.29) is 24.4 Å². The summed E-state index contributed by atoms with van der Waals surface area (Å²) in [4.78, 5) is 30.1. The van der Waals surface area contributed by atoms with Gasteiger partial charge in [0.15, 0.2) is 0 Å². The molecule has 1 N–H and O–H groups in total. The van der Waals surface area contributed by atoms with E-state index in [1.807, 2.05) is 85.5 Å². The van der Waals surface area contributed by atoms with Gasteiger partial charge in [-0.25, -0.2) is 9.50 Å². The lowest BCUT2D eigenvalue weighted by molar-refractivity contribution is -0.145. The molecule has 0 bridgehead atoms. The van der Waals surface area contributed by atoms with Gasteiger partial charge in [-0.3, -0.25) is 9.59 Å². The number of hydrogen-bond acceptors (Lipinski definition) is 5. The Bertz CT molecular complexity index is 1280. The van der Waals surface area contributed by atoms with Crippen molar-refractivity contribution in [1.29, 1.82) is 0 Å². The van der Waals surface area contributed by atoms with Gasteiger partial charge in [0.05, 0.1) is 23.0 Å². The van der Waals surface area contributed by atoms with E-state index in [1.54, 1.807) is 11.3 Å². The van der Waals surface area contributed by atoms with E-state index >= 15 is 0 Å². The van der Waals surface area contributed by atoms with Crippen molar-refractivity contribution in [3.8, 4) is 21.8 Å². The Morgan fingerprint density at radius 2 is 1.88 bits per heavy atom. The highest BCUT2D eigenvalue weighted by Crippen LogP contribution is 2.31. The molecule has 0 spiro atoms. The molecule has 0 unspecified atom stereocenters. The summed E-state index contributed by atoms with van der Waals surface area (Å²) >= 11 is 1.57. The number of thiazole rings is 1. The second-order valence-corrected chi connectivity index (χ2v) is 10.1. The average molecular weight is 463 g/mol. The normalized spacial score (nSPS) is 11.6. The molecule has 7 nitrogen and oxygen atoms in total. The van der Waals surface area contributed by atoms with Gasteiger partial charge in [-0.1, -0.05) is 51.1 Å².